The third-order valence-corrected chi connectivity index (χ3v) is 3.01. The van der Waals surface area contributed by atoms with Crippen LogP contribution >= 0.6 is 0 Å². The highest BCUT2D eigenvalue weighted by molar-refractivity contribution is 5.89. The fourth-order valence-corrected chi connectivity index (χ4v) is 2.03. The largest absolute Gasteiger partial charge is 0.459 e. The molecule has 1 fully saturated rings. The summed E-state index contributed by atoms with van der Waals surface area (Å²) in [5.41, 5.74) is 0.572. The minimum atomic E-state index is -0.287. The van der Waals surface area contributed by atoms with Crippen molar-refractivity contribution in [2.75, 3.05) is 0 Å². The van der Waals surface area contributed by atoms with Crippen LogP contribution < -0.4 is 0 Å². The van der Waals surface area contributed by atoms with Crippen molar-refractivity contribution in [2.45, 2.75) is 38.2 Å². The van der Waals surface area contributed by atoms with Gasteiger partial charge in [-0.1, -0.05) is 18.2 Å². The number of hydrogen-bond acceptors (Lipinski definition) is 3. The predicted molar refractivity (Wildman–Crippen MR) is 63.7 cm³/mol. The Morgan fingerprint density at radius 1 is 1.12 bits per heavy atom. The van der Waals surface area contributed by atoms with E-state index in [4.69, 9.17) is 4.74 Å². The van der Waals surface area contributed by atoms with E-state index in [2.05, 4.69) is 0 Å². The minimum Gasteiger partial charge on any atom is -0.459 e. The van der Waals surface area contributed by atoms with Crippen molar-refractivity contribution in [3.05, 3.63) is 35.9 Å². The van der Waals surface area contributed by atoms with Gasteiger partial charge in [0.2, 0.25) is 0 Å². The maximum absolute atomic E-state index is 11.8. The highest BCUT2D eigenvalue weighted by Gasteiger charge is 2.20. The molecule has 2 rings (SSSR count). The summed E-state index contributed by atoms with van der Waals surface area (Å²) in [6.45, 7) is 0. The molecule has 3 nitrogen and oxygen atoms in total. The molecular formula is C14H16O3. The summed E-state index contributed by atoms with van der Waals surface area (Å²) in [5, 5.41) is 0. The maximum Gasteiger partial charge on any atom is 0.338 e. The molecule has 0 aliphatic heterocycles. The Balaban J connectivity index is 1.92. The summed E-state index contributed by atoms with van der Waals surface area (Å²) in [5.74, 6) is -0.00629. The Labute approximate surface area is 101 Å². The molecule has 17 heavy (non-hydrogen) atoms. The van der Waals surface area contributed by atoms with Crippen molar-refractivity contribution >= 4 is 11.8 Å². The summed E-state index contributed by atoms with van der Waals surface area (Å²) in [6.07, 6.45) is 3.34. The molecule has 0 spiro atoms. The van der Waals surface area contributed by atoms with E-state index in [1.807, 2.05) is 18.2 Å². The molecule has 0 bridgehead atoms. The molecule has 1 aliphatic carbocycles. The van der Waals surface area contributed by atoms with E-state index < -0.39 is 0 Å². The van der Waals surface area contributed by atoms with Gasteiger partial charge in [-0.05, 0) is 31.4 Å². The second-order valence-electron chi connectivity index (χ2n) is 4.36. The summed E-state index contributed by atoms with van der Waals surface area (Å²) in [4.78, 5) is 23.0. The second-order valence-corrected chi connectivity index (χ2v) is 4.36. The van der Waals surface area contributed by atoms with Gasteiger partial charge in [-0.2, -0.15) is 0 Å². The van der Waals surface area contributed by atoms with Crippen molar-refractivity contribution in [1.82, 2.24) is 0 Å². The normalized spacial score (nSPS) is 20.7. The van der Waals surface area contributed by atoms with Crippen LogP contribution in [0.3, 0.4) is 0 Å². The fourth-order valence-electron chi connectivity index (χ4n) is 2.03. The van der Waals surface area contributed by atoms with E-state index in [-0.39, 0.29) is 17.9 Å². The standard InChI is InChI=1S/C14H16O3/c15-12-7-4-8-13(10-9-12)17-14(16)11-5-2-1-3-6-11/h1-3,5-6,13H,4,7-10H2. The average Bonchev–Trinajstić information content (AvgIpc) is 2.56. The first-order chi connectivity index (χ1) is 8.25. The first kappa shape index (κ1) is 11.8. The van der Waals surface area contributed by atoms with Crippen LogP contribution in [0.15, 0.2) is 30.3 Å². The van der Waals surface area contributed by atoms with Crippen molar-refractivity contribution in [3.8, 4) is 0 Å². The summed E-state index contributed by atoms with van der Waals surface area (Å²) < 4.78 is 5.41. The van der Waals surface area contributed by atoms with Crippen LogP contribution in [-0.2, 0) is 9.53 Å². The zero-order chi connectivity index (χ0) is 12.1. The van der Waals surface area contributed by atoms with E-state index in [1.54, 1.807) is 12.1 Å². The van der Waals surface area contributed by atoms with Gasteiger partial charge in [0.15, 0.2) is 0 Å². The lowest BCUT2D eigenvalue weighted by molar-refractivity contribution is -0.119. The Hall–Kier alpha value is -1.64. The topological polar surface area (TPSA) is 43.4 Å². The lowest BCUT2D eigenvalue weighted by atomic mass is 10.1. The van der Waals surface area contributed by atoms with E-state index in [0.717, 1.165) is 12.8 Å². The molecule has 0 N–H and O–H groups in total. The quantitative estimate of drug-likeness (QED) is 0.581. The number of esters is 1. The number of Topliss-reactive ketones (excluding diaryl/α,β-unsaturated/α-hetero) is 1. The number of hydrogen-bond donors (Lipinski definition) is 0. The van der Waals surface area contributed by atoms with E-state index in [1.165, 1.54) is 0 Å². The van der Waals surface area contributed by atoms with E-state index in [0.29, 0.717) is 24.8 Å². The molecule has 1 unspecified atom stereocenters. The Morgan fingerprint density at radius 2 is 1.88 bits per heavy atom. The highest BCUT2D eigenvalue weighted by atomic mass is 16.5. The molecule has 1 atom stereocenters. The lowest BCUT2D eigenvalue weighted by Crippen LogP contribution is -2.17. The van der Waals surface area contributed by atoms with Crippen LogP contribution in [0.2, 0.25) is 0 Å². The Bertz CT molecular complexity index is 397. The smallest absolute Gasteiger partial charge is 0.338 e. The van der Waals surface area contributed by atoms with Crippen LogP contribution in [0.4, 0.5) is 0 Å². The van der Waals surface area contributed by atoms with Crippen LogP contribution in [0.25, 0.3) is 0 Å². The van der Waals surface area contributed by atoms with E-state index >= 15 is 0 Å². The third-order valence-electron chi connectivity index (χ3n) is 3.01. The number of carbonyl (C=O) groups is 2. The molecule has 1 aromatic carbocycles. The summed E-state index contributed by atoms with van der Waals surface area (Å²) >= 11 is 0. The van der Waals surface area contributed by atoms with E-state index in [9.17, 15) is 9.59 Å². The fraction of sp³-hybridized carbons (Fsp3) is 0.429. The molecule has 1 aromatic rings. The SMILES string of the molecule is O=C1CCCC(OC(=O)c2ccccc2)CC1. The van der Waals surface area contributed by atoms with Crippen molar-refractivity contribution in [3.63, 3.8) is 0 Å². The maximum atomic E-state index is 11.8. The molecule has 1 aliphatic rings. The lowest BCUT2D eigenvalue weighted by Gasteiger charge is -2.14. The molecule has 0 radical (unpaired) electrons. The molecule has 1 saturated carbocycles. The first-order valence-corrected chi connectivity index (χ1v) is 6.03. The van der Waals surface area contributed by atoms with Crippen molar-refractivity contribution in [1.29, 1.82) is 0 Å². The second kappa shape index (κ2) is 5.62. The van der Waals surface area contributed by atoms with Crippen molar-refractivity contribution in [2.24, 2.45) is 0 Å². The monoisotopic (exact) mass is 232 g/mol. The highest BCUT2D eigenvalue weighted by Crippen LogP contribution is 2.19. The van der Waals surface area contributed by atoms with Gasteiger partial charge in [-0.25, -0.2) is 4.79 Å². The van der Waals surface area contributed by atoms with Gasteiger partial charge in [0.25, 0.3) is 0 Å². The zero-order valence-corrected chi connectivity index (χ0v) is 9.72. The Morgan fingerprint density at radius 3 is 2.65 bits per heavy atom. The number of ether oxygens (including phenoxy) is 1. The third kappa shape index (κ3) is 3.41. The van der Waals surface area contributed by atoms with Gasteiger partial charge < -0.3 is 4.74 Å². The number of carbonyl (C=O) groups excluding carboxylic acids is 2. The molecule has 3 heteroatoms. The molecular weight excluding hydrogens is 216 g/mol. The van der Waals surface area contributed by atoms with Gasteiger partial charge in [0.1, 0.15) is 11.9 Å². The number of ketones is 1. The summed E-state index contributed by atoms with van der Waals surface area (Å²) in [6, 6.07) is 8.97. The molecule has 0 heterocycles. The zero-order valence-electron chi connectivity index (χ0n) is 9.72. The molecule has 0 aromatic heterocycles. The van der Waals surface area contributed by atoms with Gasteiger partial charge >= 0.3 is 5.97 Å². The van der Waals surface area contributed by atoms with Crippen LogP contribution in [0.1, 0.15) is 42.5 Å². The van der Waals surface area contributed by atoms with Crippen molar-refractivity contribution < 1.29 is 14.3 Å². The first-order valence-electron chi connectivity index (χ1n) is 6.03. The molecule has 90 valence electrons. The number of benzene rings is 1. The minimum absolute atomic E-state index is 0.103. The van der Waals surface area contributed by atoms with Crippen LogP contribution in [0, 0.1) is 0 Å². The van der Waals surface area contributed by atoms with Gasteiger partial charge in [0.05, 0.1) is 5.56 Å². The van der Waals surface area contributed by atoms with Crippen LogP contribution in [0.5, 0.6) is 0 Å². The van der Waals surface area contributed by atoms with Crippen LogP contribution in [-0.4, -0.2) is 17.9 Å². The average molecular weight is 232 g/mol. The van der Waals surface area contributed by atoms with Gasteiger partial charge in [0, 0.05) is 12.8 Å². The summed E-state index contributed by atoms with van der Waals surface area (Å²) in [7, 11) is 0. The van der Waals surface area contributed by atoms with Gasteiger partial charge in [-0.3, -0.25) is 4.79 Å². The predicted octanol–water partition coefficient (Wildman–Crippen LogP) is 2.75. The molecule has 0 saturated heterocycles. The number of rotatable bonds is 2. The molecule has 0 amide bonds. The van der Waals surface area contributed by atoms with Gasteiger partial charge in [-0.15, -0.1) is 0 Å². The Kier molecular flexibility index (Phi) is 3.91.